The van der Waals surface area contributed by atoms with Crippen molar-refractivity contribution in [3.05, 3.63) is 76.1 Å². The van der Waals surface area contributed by atoms with Crippen molar-refractivity contribution in [3.63, 3.8) is 0 Å². The summed E-state index contributed by atoms with van der Waals surface area (Å²) < 4.78 is 18.8. The summed E-state index contributed by atoms with van der Waals surface area (Å²) in [5, 5.41) is 10.8. The van der Waals surface area contributed by atoms with Gasteiger partial charge in [-0.1, -0.05) is 24.3 Å². The van der Waals surface area contributed by atoms with Gasteiger partial charge in [0.1, 0.15) is 5.82 Å². The number of benzene rings is 2. The van der Waals surface area contributed by atoms with Gasteiger partial charge in [0, 0.05) is 44.4 Å². The van der Waals surface area contributed by atoms with E-state index in [0.717, 1.165) is 6.08 Å². The van der Waals surface area contributed by atoms with Crippen molar-refractivity contribution in [2.24, 2.45) is 0 Å². The molecule has 1 saturated heterocycles. The van der Waals surface area contributed by atoms with Crippen LogP contribution in [0.4, 0.5) is 15.8 Å². The molecule has 0 aromatic heterocycles. The maximum absolute atomic E-state index is 13.9. The van der Waals surface area contributed by atoms with Gasteiger partial charge < -0.3 is 14.5 Å². The third-order valence-electron chi connectivity index (χ3n) is 4.66. The number of hydrogen-bond acceptors (Lipinski definition) is 6. The topological polar surface area (TPSA) is 93.0 Å². The van der Waals surface area contributed by atoms with Gasteiger partial charge >= 0.3 is 5.97 Å². The van der Waals surface area contributed by atoms with Gasteiger partial charge in [0.25, 0.3) is 11.6 Å². The summed E-state index contributed by atoms with van der Waals surface area (Å²) in [5.41, 5.74) is 0.884. The van der Waals surface area contributed by atoms with Crippen molar-refractivity contribution in [2.75, 3.05) is 37.7 Å². The Hall–Kier alpha value is -3.75. The third-order valence-corrected chi connectivity index (χ3v) is 4.66. The molecule has 0 aliphatic carbocycles. The summed E-state index contributed by atoms with van der Waals surface area (Å²) in [4.78, 5) is 37.8. The maximum Gasteiger partial charge on any atom is 0.331 e. The standard InChI is InChI=1S/C21H20FN3O5/c22-18-6-1-2-7-19(18)23-10-12-24(13-11-23)20(26)15-30-21(27)9-8-16-4-3-5-17(14-16)25(28)29/h1-9,14H,10-13,15H2/b9-8+. The lowest BCUT2D eigenvalue weighted by Crippen LogP contribution is -2.50. The van der Waals surface area contributed by atoms with Crippen LogP contribution in [-0.2, 0) is 14.3 Å². The number of amides is 1. The van der Waals surface area contributed by atoms with E-state index in [1.54, 1.807) is 29.2 Å². The number of rotatable bonds is 6. The second-order valence-corrected chi connectivity index (χ2v) is 6.61. The molecule has 0 spiro atoms. The number of non-ortho nitro benzene ring substituents is 1. The van der Waals surface area contributed by atoms with E-state index in [2.05, 4.69) is 0 Å². The zero-order valence-corrected chi connectivity index (χ0v) is 16.1. The normalized spacial score (nSPS) is 14.0. The number of halogens is 1. The molecule has 0 bridgehead atoms. The predicted octanol–water partition coefficient (Wildman–Crippen LogP) is 2.64. The first-order chi connectivity index (χ1) is 14.4. The maximum atomic E-state index is 13.9. The van der Waals surface area contributed by atoms with Gasteiger partial charge in [-0.3, -0.25) is 14.9 Å². The second-order valence-electron chi connectivity index (χ2n) is 6.61. The van der Waals surface area contributed by atoms with Crippen LogP contribution in [0.2, 0.25) is 0 Å². The Labute approximate surface area is 172 Å². The first kappa shape index (κ1) is 21.0. The molecule has 2 aromatic rings. The van der Waals surface area contributed by atoms with Crippen LogP contribution in [0.15, 0.2) is 54.6 Å². The predicted molar refractivity (Wildman–Crippen MR) is 108 cm³/mol. The van der Waals surface area contributed by atoms with E-state index >= 15 is 0 Å². The molecule has 1 aliphatic heterocycles. The molecule has 30 heavy (non-hydrogen) atoms. The Balaban J connectivity index is 1.45. The molecular weight excluding hydrogens is 393 g/mol. The molecule has 9 heteroatoms. The number of nitrogens with zero attached hydrogens (tertiary/aromatic N) is 3. The number of anilines is 1. The van der Waals surface area contributed by atoms with Gasteiger partial charge in [-0.2, -0.15) is 0 Å². The van der Waals surface area contributed by atoms with E-state index < -0.39 is 17.5 Å². The molecular formula is C21H20FN3O5. The van der Waals surface area contributed by atoms with Gasteiger partial charge in [0.2, 0.25) is 0 Å². The highest BCUT2D eigenvalue weighted by molar-refractivity contribution is 5.89. The summed E-state index contributed by atoms with van der Waals surface area (Å²) in [6.45, 7) is 1.35. The molecule has 0 radical (unpaired) electrons. The lowest BCUT2D eigenvalue weighted by Gasteiger charge is -2.36. The highest BCUT2D eigenvalue weighted by atomic mass is 19.1. The molecule has 1 aliphatic rings. The number of ether oxygens (including phenoxy) is 1. The van der Waals surface area contributed by atoms with Gasteiger partial charge in [0.15, 0.2) is 6.61 Å². The molecule has 156 valence electrons. The number of nitro benzene ring substituents is 1. The van der Waals surface area contributed by atoms with Crippen LogP contribution in [0.25, 0.3) is 6.08 Å². The van der Waals surface area contributed by atoms with E-state index in [1.807, 2.05) is 4.90 Å². The fourth-order valence-corrected chi connectivity index (χ4v) is 3.08. The number of esters is 1. The van der Waals surface area contributed by atoms with E-state index in [-0.39, 0.29) is 17.4 Å². The highest BCUT2D eigenvalue weighted by Gasteiger charge is 2.23. The minimum atomic E-state index is -0.722. The van der Waals surface area contributed by atoms with Crippen LogP contribution in [-0.4, -0.2) is 54.5 Å². The van der Waals surface area contributed by atoms with Crippen molar-refractivity contribution in [1.29, 1.82) is 0 Å². The quantitative estimate of drug-likeness (QED) is 0.313. The molecule has 1 amide bonds. The average Bonchev–Trinajstić information content (AvgIpc) is 2.76. The second kappa shape index (κ2) is 9.64. The summed E-state index contributed by atoms with van der Waals surface area (Å²) in [5.74, 6) is -1.36. The highest BCUT2D eigenvalue weighted by Crippen LogP contribution is 2.20. The SMILES string of the molecule is O=C(/C=C/c1cccc([N+](=O)[O-])c1)OCC(=O)N1CCN(c2ccccc2F)CC1. The minimum Gasteiger partial charge on any atom is -0.452 e. The van der Waals surface area contributed by atoms with Crippen LogP contribution in [0, 0.1) is 15.9 Å². The average molecular weight is 413 g/mol. The van der Waals surface area contributed by atoms with Gasteiger partial charge in [-0.25, -0.2) is 9.18 Å². The first-order valence-electron chi connectivity index (χ1n) is 9.30. The fourth-order valence-electron chi connectivity index (χ4n) is 3.08. The Bertz CT molecular complexity index is 971. The van der Waals surface area contributed by atoms with Crippen molar-refractivity contribution in [2.45, 2.75) is 0 Å². The van der Waals surface area contributed by atoms with Crippen LogP contribution in [0.5, 0.6) is 0 Å². The smallest absolute Gasteiger partial charge is 0.331 e. The lowest BCUT2D eigenvalue weighted by molar-refractivity contribution is -0.384. The van der Waals surface area contributed by atoms with Gasteiger partial charge in [0.05, 0.1) is 10.6 Å². The van der Waals surface area contributed by atoms with Crippen molar-refractivity contribution in [1.82, 2.24) is 4.90 Å². The van der Waals surface area contributed by atoms with Crippen molar-refractivity contribution in [3.8, 4) is 0 Å². The Morgan fingerprint density at radius 1 is 1.10 bits per heavy atom. The number of hydrogen-bond donors (Lipinski definition) is 0. The molecule has 0 atom stereocenters. The molecule has 3 rings (SSSR count). The van der Waals surface area contributed by atoms with E-state index in [1.165, 1.54) is 30.3 Å². The van der Waals surface area contributed by atoms with Crippen molar-refractivity contribution >= 4 is 29.3 Å². The number of nitro groups is 1. The van der Waals surface area contributed by atoms with E-state index in [9.17, 15) is 24.1 Å². The molecule has 0 unspecified atom stereocenters. The number of carbonyl (C=O) groups is 2. The molecule has 8 nitrogen and oxygen atoms in total. The van der Waals surface area contributed by atoms with E-state index in [4.69, 9.17) is 4.74 Å². The van der Waals surface area contributed by atoms with Gasteiger partial charge in [-0.15, -0.1) is 0 Å². The fraction of sp³-hybridized carbons (Fsp3) is 0.238. The molecule has 0 saturated carbocycles. The Morgan fingerprint density at radius 2 is 1.83 bits per heavy atom. The van der Waals surface area contributed by atoms with Crippen LogP contribution < -0.4 is 4.90 Å². The molecule has 1 heterocycles. The largest absolute Gasteiger partial charge is 0.452 e. The van der Waals surface area contributed by atoms with Crippen LogP contribution in [0.1, 0.15) is 5.56 Å². The molecule has 1 fully saturated rings. The van der Waals surface area contributed by atoms with E-state index in [0.29, 0.717) is 37.4 Å². The first-order valence-corrected chi connectivity index (χ1v) is 9.30. The summed E-state index contributed by atoms with van der Waals surface area (Å²) in [6, 6.07) is 12.3. The number of carbonyl (C=O) groups excluding carboxylic acids is 2. The number of para-hydroxylation sites is 1. The Morgan fingerprint density at radius 3 is 2.53 bits per heavy atom. The van der Waals surface area contributed by atoms with Crippen LogP contribution in [0.3, 0.4) is 0 Å². The zero-order chi connectivity index (χ0) is 21.5. The third kappa shape index (κ3) is 5.40. The summed E-state index contributed by atoms with van der Waals surface area (Å²) in [7, 11) is 0. The summed E-state index contributed by atoms with van der Waals surface area (Å²) in [6.07, 6.45) is 2.50. The van der Waals surface area contributed by atoms with Crippen molar-refractivity contribution < 1.29 is 23.6 Å². The monoisotopic (exact) mass is 413 g/mol. The minimum absolute atomic E-state index is 0.0878. The van der Waals surface area contributed by atoms with Crippen LogP contribution >= 0.6 is 0 Å². The Kier molecular flexibility index (Phi) is 6.74. The molecule has 2 aromatic carbocycles. The lowest BCUT2D eigenvalue weighted by atomic mass is 10.2. The van der Waals surface area contributed by atoms with Gasteiger partial charge in [-0.05, 0) is 23.8 Å². The number of piperazine rings is 1. The molecule has 0 N–H and O–H groups in total. The zero-order valence-electron chi connectivity index (χ0n) is 16.1. The summed E-state index contributed by atoms with van der Waals surface area (Å²) >= 11 is 0.